The maximum absolute atomic E-state index is 13.1. The summed E-state index contributed by atoms with van der Waals surface area (Å²) in [5, 5.41) is 2.02. The number of thiophene rings is 1. The Morgan fingerprint density at radius 2 is 1.92 bits per heavy atom. The van der Waals surface area contributed by atoms with Crippen molar-refractivity contribution in [2.75, 3.05) is 7.11 Å². The highest BCUT2D eigenvalue weighted by molar-refractivity contribution is 7.09. The van der Waals surface area contributed by atoms with E-state index in [0.717, 1.165) is 21.9 Å². The van der Waals surface area contributed by atoms with Crippen molar-refractivity contribution in [1.82, 2.24) is 9.88 Å². The molecule has 0 aliphatic rings. The SMILES string of the molecule is COc1ccccc1CN(Cc1cccs1)C(=O)c1cccc(C)n1. The molecule has 3 aromatic rings. The van der Waals surface area contributed by atoms with E-state index in [0.29, 0.717) is 18.8 Å². The van der Waals surface area contributed by atoms with E-state index in [2.05, 4.69) is 4.98 Å². The molecular formula is C20H20N2O2S. The van der Waals surface area contributed by atoms with Crippen molar-refractivity contribution in [2.45, 2.75) is 20.0 Å². The average Bonchev–Trinajstić information content (AvgIpc) is 3.14. The second-order valence-electron chi connectivity index (χ2n) is 5.72. The molecular weight excluding hydrogens is 332 g/mol. The van der Waals surface area contributed by atoms with E-state index in [-0.39, 0.29) is 5.91 Å². The first kappa shape index (κ1) is 17.2. The fraction of sp³-hybridized carbons (Fsp3) is 0.200. The predicted octanol–water partition coefficient (Wildman–Crippen LogP) is 4.30. The zero-order valence-electron chi connectivity index (χ0n) is 14.3. The van der Waals surface area contributed by atoms with Gasteiger partial charge in [-0.3, -0.25) is 4.79 Å². The van der Waals surface area contributed by atoms with E-state index in [1.54, 1.807) is 24.5 Å². The van der Waals surface area contributed by atoms with Crippen molar-refractivity contribution in [2.24, 2.45) is 0 Å². The van der Waals surface area contributed by atoms with E-state index in [1.807, 2.05) is 65.7 Å². The first-order valence-corrected chi connectivity index (χ1v) is 8.92. The molecule has 0 spiro atoms. The molecule has 0 N–H and O–H groups in total. The molecule has 0 radical (unpaired) electrons. The number of aromatic nitrogens is 1. The number of pyridine rings is 1. The van der Waals surface area contributed by atoms with Gasteiger partial charge in [0.2, 0.25) is 0 Å². The Morgan fingerprint density at radius 1 is 1.08 bits per heavy atom. The highest BCUT2D eigenvalue weighted by Crippen LogP contribution is 2.22. The molecule has 1 aromatic carbocycles. The zero-order chi connectivity index (χ0) is 17.6. The fourth-order valence-electron chi connectivity index (χ4n) is 2.65. The lowest BCUT2D eigenvalue weighted by molar-refractivity contribution is 0.0724. The minimum Gasteiger partial charge on any atom is -0.496 e. The van der Waals surface area contributed by atoms with Gasteiger partial charge in [0.15, 0.2) is 0 Å². The number of nitrogens with zero attached hydrogens (tertiary/aromatic N) is 2. The molecule has 1 amide bonds. The minimum atomic E-state index is -0.0805. The number of aryl methyl sites for hydroxylation is 1. The van der Waals surface area contributed by atoms with Crippen molar-refractivity contribution < 1.29 is 9.53 Å². The Morgan fingerprint density at radius 3 is 2.64 bits per heavy atom. The summed E-state index contributed by atoms with van der Waals surface area (Å²) < 4.78 is 5.44. The fourth-order valence-corrected chi connectivity index (χ4v) is 3.37. The molecule has 0 saturated carbocycles. The standard InChI is InChI=1S/C20H20N2O2S/c1-15-7-5-10-18(21-15)20(23)22(14-17-9-6-12-25-17)13-16-8-3-4-11-19(16)24-2/h3-12H,13-14H2,1-2H3. The quantitative estimate of drug-likeness (QED) is 0.664. The number of amides is 1. The van der Waals surface area contributed by atoms with E-state index < -0.39 is 0 Å². The van der Waals surface area contributed by atoms with E-state index >= 15 is 0 Å². The number of para-hydroxylation sites is 1. The normalized spacial score (nSPS) is 10.5. The second-order valence-corrected chi connectivity index (χ2v) is 6.75. The number of benzene rings is 1. The largest absolute Gasteiger partial charge is 0.496 e. The van der Waals surface area contributed by atoms with Crippen LogP contribution in [0.25, 0.3) is 0 Å². The molecule has 2 heterocycles. The lowest BCUT2D eigenvalue weighted by Crippen LogP contribution is -2.30. The summed E-state index contributed by atoms with van der Waals surface area (Å²) in [7, 11) is 1.65. The Bertz CT molecular complexity index is 846. The lowest BCUT2D eigenvalue weighted by atomic mass is 10.1. The van der Waals surface area contributed by atoms with E-state index in [9.17, 15) is 4.79 Å². The average molecular weight is 352 g/mol. The molecule has 5 heteroatoms. The summed E-state index contributed by atoms with van der Waals surface area (Å²) in [6.45, 7) is 2.90. The summed E-state index contributed by atoms with van der Waals surface area (Å²) in [5.74, 6) is 0.701. The van der Waals surface area contributed by atoms with Gasteiger partial charge in [-0.25, -0.2) is 4.98 Å². The van der Waals surface area contributed by atoms with Crippen LogP contribution in [0.5, 0.6) is 5.75 Å². The van der Waals surface area contributed by atoms with E-state index in [1.165, 1.54) is 0 Å². The van der Waals surface area contributed by atoms with Crippen LogP contribution in [0.2, 0.25) is 0 Å². The van der Waals surface area contributed by atoms with Gasteiger partial charge in [-0.1, -0.05) is 30.3 Å². The van der Waals surface area contributed by atoms with Crippen LogP contribution in [-0.4, -0.2) is 22.9 Å². The highest BCUT2D eigenvalue weighted by atomic mass is 32.1. The number of ether oxygens (including phenoxy) is 1. The monoisotopic (exact) mass is 352 g/mol. The van der Waals surface area contributed by atoms with E-state index in [4.69, 9.17) is 4.74 Å². The Balaban J connectivity index is 1.90. The number of hydrogen-bond donors (Lipinski definition) is 0. The van der Waals surface area contributed by atoms with Crippen LogP contribution in [0.3, 0.4) is 0 Å². The summed E-state index contributed by atoms with van der Waals surface area (Å²) in [6, 6.07) is 17.3. The molecule has 0 aliphatic heterocycles. The number of methoxy groups -OCH3 is 1. The van der Waals surface area contributed by atoms with Crippen molar-refractivity contribution in [3.63, 3.8) is 0 Å². The van der Waals surface area contributed by atoms with Crippen LogP contribution in [0.4, 0.5) is 0 Å². The van der Waals surface area contributed by atoms with Crippen LogP contribution in [0.1, 0.15) is 26.6 Å². The van der Waals surface area contributed by atoms with Gasteiger partial charge >= 0.3 is 0 Å². The molecule has 2 aromatic heterocycles. The Hall–Kier alpha value is -2.66. The third-order valence-corrected chi connectivity index (χ3v) is 4.74. The number of carbonyl (C=O) groups excluding carboxylic acids is 1. The second kappa shape index (κ2) is 7.94. The topological polar surface area (TPSA) is 42.4 Å². The smallest absolute Gasteiger partial charge is 0.273 e. The Kier molecular flexibility index (Phi) is 5.46. The highest BCUT2D eigenvalue weighted by Gasteiger charge is 2.19. The van der Waals surface area contributed by atoms with Gasteiger partial charge in [0.05, 0.1) is 20.2 Å². The molecule has 0 atom stereocenters. The number of rotatable bonds is 6. The molecule has 0 saturated heterocycles. The summed E-state index contributed by atoms with van der Waals surface area (Å²) in [5.41, 5.74) is 2.27. The summed E-state index contributed by atoms with van der Waals surface area (Å²) in [6.07, 6.45) is 0. The van der Waals surface area contributed by atoms with Crippen LogP contribution in [0, 0.1) is 6.92 Å². The van der Waals surface area contributed by atoms with Gasteiger partial charge in [-0.05, 0) is 36.6 Å². The maximum atomic E-state index is 13.1. The molecule has 0 unspecified atom stereocenters. The van der Waals surface area contributed by atoms with Gasteiger partial charge in [0.1, 0.15) is 11.4 Å². The number of carbonyl (C=O) groups is 1. The first-order valence-electron chi connectivity index (χ1n) is 8.04. The first-order chi connectivity index (χ1) is 12.2. The van der Waals surface area contributed by atoms with Crippen LogP contribution >= 0.6 is 11.3 Å². The zero-order valence-corrected chi connectivity index (χ0v) is 15.1. The molecule has 25 heavy (non-hydrogen) atoms. The molecule has 0 aliphatic carbocycles. The molecule has 3 rings (SSSR count). The minimum absolute atomic E-state index is 0.0805. The van der Waals surface area contributed by atoms with Gasteiger partial charge in [0, 0.05) is 16.1 Å². The van der Waals surface area contributed by atoms with Crippen molar-refractivity contribution in [1.29, 1.82) is 0 Å². The Labute approximate surface area is 151 Å². The third kappa shape index (κ3) is 4.25. The molecule has 0 fully saturated rings. The van der Waals surface area contributed by atoms with Crippen molar-refractivity contribution >= 4 is 17.2 Å². The van der Waals surface area contributed by atoms with Gasteiger partial charge in [0.25, 0.3) is 5.91 Å². The third-order valence-electron chi connectivity index (χ3n) is 3.88. The summed E-state index contributed by atoms with van der Waals surface area (Å²) in [4.78, 5) is 20.4. The van der Waals surface area contributed by atoms with Gasteiger partial charge < -0.3 is 9.64 Å². The predicted molar refractivity (Wildman–Crippen MR) is 99.9 cm³/mol. The van der Waals surface area contributed by atoms with Crippen LogP contribution < -0.4 is 4.74 Å². The van der Waals surface area contributed by atoms with Crippen molar-refractivity contribution in [3.8, 4) is 5.75 Å². The number of hydrogen-bond acceptors (Lipinski definition) is 4. The molecule has 4 nitrogen and oxygen atoms in total. The lowest BCUT2D eigenvalue weighted by Gasteiger charge is -2.23. The molecule has 128 valence electrons. The van der Waals surface area contributed by atoms with Gasteiger partial charge in [-0.15, -0.1) is 11.3 Å². The van der Waals surface area contributed by atoms with Gasteiger partial charge in [-0.2, -0.15) is 0 Å². The van der Waals surface area contributed by atoms with Crippen LogP contribution in [0.15, 0.2) is 60.0 Å². The molecule has 0 bridgehead atoms. The maximum Gasteiger partial charge on any atom is 0.273 e. The van der Waals surface area contributed by atoms with Crippen molar-refractivity contribution in [3.05, 3.63) is 81.8 Å². The summed E-state index contributed by atoms with van der Waals surface area (Å²) >= 11 is 1.64. The van der Waals surface area contributed by atoms with Crippen LogP contribution in [-0.2, 0) is 13.1 Å².